The Bertz CT molecular complexity index is 141. The molecule has 0 saturated carbocycles. The van der Waals surface area contributed by atoms with Crippen LogP contribution < -0.4 is 0 Å². The molecule has 0 amide bonds. The molecule has 3 nitrogen and oxygen atoms in total. The van der Waals surface area contributed by atoms with Crippen LogP contribution in [0.5, 0.6) is 0 Å². The van der Waals surface area contributed by atoms with Gasteiger partial charge >= 0.3 is 0 Å². The van der Waals surface area contributed by atoms with Crippen LogP contribution in [0.2, 0.25) is 0 Å². The molecule has 0 rings (SSSR count). The molecule has 0 aliphatic carbocycles. The van der Waals surface area contributed by atoms with E-state index < -0.39 is 5.60 Å². The molecule has 0 spiro atoms. The average Bonchev–Trinajstić information content (AvgIpc) is 1.88. The molecule has 0 bridgehead atoms. The first kappa shape index (κ1) is 10.4. The molecule has 1 unspecified atom stereocenters. The molecule has 66 valence electrons. The fourth-order valence-corrected chi connectivity index (χ4v) is 0.903. The number of hydrogen-bond acceptors (Lipinski definition) is 3. The van der Waals surface area contributed by atoms with Gasteiger partial charge in [0.1, 0.15) is 12.7 Å². The standard InChI is InChI=1S/C8H17NO2/c1-5-6-8(3,10)7(2)9-11-4/h10H,5-6H2,1-4H3/b9-7-. The zero-order chi connectivity index (χ0) is 8.91. The SMILES string of the molecule is CCCC(C)(O)/C(C)=N\OC. The summed E-state index contributed by atoms with van der Waals surface area (Å²) in [5.41, 5.74) is -0.188. The molecular formula is C8H17NO2. The van der Waals surface area contributed by atoms with Gasteiger partial charge in [0.2, 0.25) is 0 Å². The Morgan fingerprint density at radius 3 is 2.55 bits per heavy atom. The maximum absolute atomic E-state index is 9.70. The highest BCUT2D eigenvalue weighted by molar-refractivity contribution is 5.89. The highest BCUT2D eigenvalue weighted by Gasteiger charge is 2.23. The predicted molar refractivity (Wildman–Crippen MR) is 45.6 cm³/mol. The lowest BCUT2D eigenvalue weighted by Crippen LogP contribution is -2.32. The second kappa shape index (κ2) is 4.34. The van der Waals surface area contributed by atoms with E-state index in [1.165, 1.54) is 7.11 Å². The molecule has 1 N–H and O–H groups in total. The van der Waals surface area contributed by atoms with Crippen LogP contribution in [-0.4, -0.2) is 23.5 Å². The van der Waals surface area contributed by atoms with Gasteiger partial charge in [-0.05, 0) is 20.3 Å². The summed E-state index contributed by atoms with van der Waals surface area (Å²) in [6, 6.07) is 0. The summed E-state index contributed by atoms with van der Waals surface area (Å²) in [6.45, 7) is 5.53. The summed E-state index contributed by atoms with van der Waals surface area (Å²) in [4.78, 5) is 4.56. The summed E-state index contributed by atoms with van der Waals surface area (Å²) in [7, 11) is 1.48. The minimum absolute atomic E-state index is 0.627. The van der Waals surface area contributed by atoms with Gasteiger partial charge in [-0.3, -0.25) is 0 Å². The fraction of sp³-hybridized carbons (Fsp3) is 0.875. The normalized spacial score (nSPS) is 17.7. The van der Waals surface area contributed by atoms with E-state index in [1.807, 2.05) is 6.92 Å². The molecule has 1 atom stereocenters. The van der Waals surface area contributed by atoms with E-state index in [9.17, 15) is 5.11 Å². The molecular weight excluding hydrogens is 142 g/mol. The summed E-state index contributed by atoms with van der Waals surface area (Å²) in [6.07, 6.45) is 1.65. The minimum Gasteiger partial charge on any atom is -0.399 e. The Morgan fingerprint density at radius 2 is 2.18 bits per heavy atom. The van der Waals surface area contributed by atoms with Crippen LogP contribution in [0.25, 0.3) is 0 Å². The maximum atomic E-state index is 9.70. The average molecular weight is 159 g/mol. The first-order valence-corrected chi connectivity index (χ1v) is 3.85. The van der Waals surface area contributed by atoms with Crippen LogP contribution >= 0.6 is 0 Å². The molecule has 0 aromatic heterocycles. The van der Waals surface area contributed by atoms with Gasteiger partial charge in [-0.15, -0.1) is 0 Å². The fourth-order valence-electron chi connectivity index (χ4n) is 0.903. The van der Waals surface area contributed by atoms with Crippen molar-refractivity contribution in [3.8, 4) is 0 Å². The third-order valence-corrected chi connectivity index (χ3v) is 1.74. The van der Waals surface area contributed by atoms with E-state index in [0.29, 0.717) is 12.1 Å². The van der Waals surface area contributed by atoms with Crippen molar-refractivity contribution < 1.29 is 9.94 Å². The Balaban J connectivity index is 4.16. The summed E-state index contributed by atoms with van der Waals surface area (Å²) in [5, 5.41) is 13.4. The zero-order valence-corrected chi connectivity index (χ0v) is 7.72. The monoisotopic (exact) mass is 159 g/mol. The van der Waals surface area contributed by atoms with E-state index in [0.717, 1.165) is 6.42 Å². The van der Waals surface area contributed by atoms with Crippen molar-refractivity contribution in [2.45, 2.75) is 39.2 Å². The topological polar surface area (TPSA) is 41.8 Å². The van der Waals surface area contributed by atoms with E-state index in [1.54, 1.807) is 13.8 Å². The number of nitrogens with zero attached hydrogens (tertiary/aromatic N) is 1. The Labute approximate surface area is 68.1 Å². The van der Waals surface area contributed by atoms with Crippen LogP contribution in [0, 0.1) is 0 Å². The largest absolute Gasteiger partial charge is 0.399 e. The van der Waals surface area contributed by atoms with Crippen molar-refractivity contribution >= 4 is 5.71 Å². The van der Waals surface area contributed by atoms with Crippen molar-refractivity contribution in [3.63, 3.8) is 0 Å². The highest BCUT2D eigenvalue weighted by Crippen LogP contribution is 2.13. The number of aliphatic hydroxyl groups is 1. The molecule has 0 aliphatic rings. The summed E-state index contributed by atoms with van der Waals surface area (Å²) >= 11 is 0. The molecule has 0 heterocycles. The summed E-state index contributed by atoms with van der Waals surface area (Å²) in [5.74, 6) is 0. The van der Waals surface area contributed by atoms with Crippen molar-refractivity contribution in [3.05, 3.63) is 0 Å². The van der Waals surface area contributed by atoms with E-state index in [-0.39, 0.29) is 0 Å². The molecule has 11 heavy (non-hydrogen) atoms. The highest BCUT2D eigenvalue weighted by atomic mass is 16.6. The van der Waals surface area contributed by atoms with Gasteiger partial charge in [0.25, 0.3) is 0 Å². The quantitative estimate of drug-likeness (QED) is 0.499. The van der Waals surface area contributed by atoms with E-state index >= 15 is 0 Å². The number of oxime groups is 1. The van der Waals surface area contributed by atoms with Gasteiger partial charge < -0.3 is 9.94 Å². The van der Waals surface area contributed by atoms with Crippen molar-refractivity contribution in [2.24, 2.45) is 5.16 Å². The smallest absolute Gasteiger partial charge is 0.106 e. The van der Waals surface area contributed by atoms with Gasteiger partial charge in [-0.1, -0.05) is 18.5 Å². The van der Waals surface area contributed by atoms with Gasteiger partial charge in [-0.2, -0.15) is 0 Å². The van der Waals surface area contributed by atoms with Gasteiger partial charge in [0.05, 0.1) is 5.71 Å². The molecule has 0 aliphatic heterocycles. The van der Waals surface area contributed by atoms with Gasteiger partial charge in [0, 0.05) is 0 Å². The zero-order valence-electron chi connectivity index (χ0n) is 7.72. The van der Waals surface area contributed by atoms with Crippen molar-refractivity contribution in [2.75, 3.05) is 7.11 Å². The summed E-state index contributed by atoms with van der Waals surface area (Å²) < 4.78 is 0. The molecule has 3 heteroatoms. The lowest BCUT2D eigenvalue weighted by Gasteiger charge is -2.21. The minimum atomic E-state index is -0.815. The third-order valence-electron chi connectivity index (χ3n) is 1.74. The van der Waals surface area contributed by atoms with Gasteiger partial charge in [-0.25, -0.2) is 0 Å². The lowest BCUT2D eigenvalue weighted by atomic mass is 9.96. The first-order valence-electron chi connectivity index (χ1n) is 3.85. The number of rotatable bonds is 4. The predicted octanol–water partition coefficient (Wildman–Crippen LogP) is 1.56. The Kier molecular flexibility index (Phi) is 4.11. The van der Waals surface area contributed by atoms with Crippen LogP contribution in [0.1, 0.15) is 33.6 Å². The van der Waals surface area contributed by atoms with Crippen LogP contribution in [0.15, 0.2) is 5.16 Å². The number of hydrogen-bond donors (Lipinski definition) is 1. The van der Waals surface area contributed by atoms with E-state index in [2.05, 4.69) is 9.99 Å². The molecule has 0 aromatic rings. The third kappa shape index (κ3) is 3.37. The lowest BCUT2D eigenvalue weighted by molar-refractivity contribution is 0.112. The molecule has 0 aromatic carbocycles. The van der Waals surface area contributed by atoms with Crippen LogP contribution in [0.3, 0.4) is 0 Å². The van der Waals surface area contributed by atoms with E-state index in [4.69, 9.17) is 0 Å². The molecule has 0 saturated heterocycles. The second-order valence-corrected chi connectivity index (χ2v) is 2.88. The Hall–Kier alpha value is -0.570. The molecule has 0 fully saturated rings. The maximum Gasteiger partial charge on any atom is 0.106 e. The van der Waals surface area contributed by atoms with Crippen molar-refractivity contribution in [1.29, 1.82) is 0 Å². The van der Waals surface area contributed by atoms with Crippen LogP contribution in [0.4, 0.5) is 0 Å². The molecule has 0 radical (unpaired) electrons. The second-order valence-electron chi connectivity index (χ2n) is 2.88. The van der Waals surface area contributed by atoms with Gasteiger partial charge in [0.15, 0.2) is 0 Å². The van der Waals surface area contributed by atoms with Crippen molar-refractivity contribution in [1.82, 2.24) is 0 Å². The Morgan fingerprint density at radius 1 is 1.64 bits per heavy atom. The van der Waals surface area contributed by atoms with Crippen LogP contribution in [-0.2, 0) is 4.84 Å². The first-order chi connectivity index (χ1) is 5.04.